The molecule has 1 saturated heterocycles. The molecule has 1 N–H and O–H groups in total. The molecule has 3 rings (SSSR count). The van der Waals surface area contributed by atoms with Crippen LogP contribution >= 0.6 is 0 Å². The number of hydrogen-bond acceptors (Lipinski definition) is 3. The molecule has 1 aromatic carbocycles. The van der Waals surface area contributed by atoms with Crippen LogP contribution in [0.4, 0.5) is 0 Å². The summed E-state index contributed by atoms with van der Waals surface area (Å²) < 4.78 is 2.09. The average Bonchev–Trinajstić information content (AvgIpc) is 3.31. The van der Waals surface area contributed by atoms with Crippen molar-refractivity contribution in [2.45, 2.75) is 39.2 Å². The summed E-state index contributed by atoms with van der Waals surface area (Å²) in [7, 11) is 0. The van der Waals surface area contributed by atoms with E-state index in [4.69, 9.17) is 4.99 Å². The number of guanidine groups is 1. The second kappa shape index (κ2) is 8.65. The third-order valence-corrected chi connectivity index (χ3v) is 4.71. The summed E-state index contributed by atoms with van der Waals surface area (Å²) in [6.45, 7) is 8.75. The van der Waals surface area contributed by atoms with Gasteiger partial charge in [-0.2, -0.15) is 0 Å². The number of aryl methyl sites for hydroxylation is 1. The summed E-state index contributed by atoms with van der Waals surface area (Å²) in [4.78, 5) is 7.21. The van der Waals surface area contributed by atoms with E-state index in [0.29, 0.717) is 5.92 Å². The molecule has 6 nitrogen and oxygen atoms in total. The molecule has 1 aliphatic rings. The summed E-state index contributed by atoms with van der Waals surface area (Å²) >= 11 is 0. The van der Waals surface area contributed by atoms with Crippen molar-refractivity contribution in [1.29, 1.82) is 0 Å². The maximum Gasteiger partial charge on any atom is 0.193 e. The molecule has 134 valence electrons. The number of hydrogen-bond donors (Lipinski definition) is 1. The lowest BCUT2D eigenvalue weighted by molar-refractivity contribution is 0.484. The highest BCUT2D eigenvalue weighted by molar-refractivity contribution is 5.80. The first-order valence-electron chi connectivity index (χ1n) is 9.26. The van der Waals surface area contributed by atoms with Crippen LogP contribution in [0.15, 0.2) is 41.7 Å². The van der Waals surface area contributed by atoms with Crippen molar-refractivity contribution < 1.29 is 0 Å². The Labute approximate surface area is 150 Å². The van der Waals surface area contributed by atoms with E-state index in [1.54, 1.807) is 6.33 Å². The van der Waals surface area contributed by atoms with Gasteiger partial charge in [-0.15, -0.1) is 10.2 Å². The maximum atomic E-state index is 4.83. The number of aliphatic imine (C=N–C) groups is 1. The molecule has 0 aliphatic carbocycles. The van der Waals surface area contributed by atoms with E-state index in [-0.39, 0.29) is 0 Å². The molecule has 1 aliphatic heterocycles. The van der Waals surface area contributed by atoms with Crippen LogP contribution in [-0.4, -0.2) is 51.8 Å². The fraction of sp³-hybridized carbons (Fsp3) is 0.526. The Morgan fingerprint density at radius 2 is 2.12 bits per heavy atom. The zero-order valence-corrected chi connectivity index (χ0v) is 15.2. The fourth-order valence-electron chi connectivity index (χ4n) is 3.38. The van der Waals surface area contributed by atoms with Gasteiger partial charge in [-0.25, -0.2) is 0 Å². The van der Waals surface area contributed by atoms with E-state index in [1.807, 2.05) is 0 Å². The van der Waals surface area contributed by atoms with Gasteiger partial charge in [-0.05, 0) is 18.9 Å². The molecular weight excluding hydrogens is 312 g/mol. The van der Waals surface area contributed by atoms with E-state index in [9.17, 15) is 0 Å². The van der Waals surface area contributed by atoms with Crippen molar-refractivity contribution in [1.82, 2.24) is 25.0 Å². The predicted molar refractivity (Wildman–Crippen MR) is 101 cm³/mol. The fourth-order valence-corrected chi connectivity index (χ4v) is 3.38. The largest absolute Gasteiger partial charge is 0.357 e. The highest BCUT2D eigenvalue weighted by atomic mass is 15.3. The van der Waals surface area contributed by atoms with Crippen molar-refractivity contribution in [3.63, 3.8) is 0 Å². The summed E-state index contributed by atoms with van der Waals surface area (Å²) in [5.74, 6) is 2.63. The second-order valence-corrected chi connectivity index (χ2v) is 6.37. The first kappa shape index (κ1) is 17.5. The van der Waals surface area contributed by atoms with Crippen molar-refractivity contribution >= 4 is 5.96 Å². The molecule has 0 bridgehead atoms. The lowest BCUT2D eigenvalue weighted by atomic mass is 9.99. The molecule has 0 radical (unpaired) electrons. The molecule has 25 heavy (non-hydrogen) atoms. The van der Waals surface area contributed by atoms with E-state index in [0.717, 1.165) is 50.9 Å². The van der Waals surface area contributed by atoms with Gasteiger partial charge in [0.1, 0.15) is 12.2 Å². The van der Waals surface area contributed by atoms with Crippen molar-refractivity contribution in [2.75, 3.05) is 26.2 Å². The van der Waals surface area contributed by atoms with Gasteiger partial charge >= 0.3 is 0 Å². The van der Waals surface area contributed by atoms with Crippen molar-refractivity contribution in [2.24, 2.45) is 4.99 Å². The molecule has 1 atom stereocenters. The molecular formula is C19H28N6. The third kappa shape index (κ3) is 4.38. The Balaban J connectivity index is 1.61. The molecule has 6 heteroatoms. The molecule has 2 heterocycles. The summed E-state index contributed by atoms with van der Waals surface area (Å²) in [5.41, 5.74) is 1.43. The minimum Gasteiger partial charge on any atom is -0.357 e. The van der Waals surface area contributed by atoms with E-state index in [1.165, 1.54) is 12.0 Å². The highest BCUT2D eigenvalue weighted by Gasteiger charge is 2.25. The van der Waals surface area contributed by atoms with Crippen LogP contribution < -0.4 is 5.32 Å². The van der Waals surface area contributed by atoms with Gasteiger partial charge in [0.05, 0.1) is 6.54 Å². The quantitative estimate of drug-likeness (QED) is 0.647. The third-order valence-electron chi connectivity index (χ3n) is 4.71. The lowest BCUT2D eigenvalue weighted by Crippen LogP contribution is -2.40. The Bertz CT molecular complexity index is 678. The predicted octanol–water partition coefficient (Wildman–Crippen LogP) is 2.30. The van der Waals surface area contributed by atoms with E-state index in [2.05, 4.69) is 69.2 Å². The zero-order valence-electron chi connectivity index (χ0n) is 15.2. The lowest BCUT2D eigenvalue weighted by Gasteiger charge is -2.22. The molecule has 0 saturated carbocycles. The van der Waals surface area contributed by atoms with Gasteiger partial charge < -0.3 is 14.8 Å². The normalized spacial score (nSPS) is 17.9. The second-order valence-electron chi connectivity index (χ2n) is 6.37. The van der Waals surface area contributed by atoms with E-state index < -0.39 is 0 Å². The van der Waals surface area contributed by atoms with Gasteiger partial charge in [0.2, 0.25) is 0 Å². The number of aromatic nitrogens is 3. The van der Waals surface area contributed by atoms with Crippen LogP contribution in [0, 0.1) is 0 Å². The molecule has 1 unspecified atom stereocenters. The molecule has 0 amide bonds. The van der Waals surface area contributed by atoms with Gasteiger partial charge in [-0.3, -0.25) is 4.99 Å². The first-order chi connectivity index (χ1) is 12.3. The summed E-state index contributed by atoms with van der Waals surface area (Å²) in [6, 6.07) is 10.8. The van der Waals surface area contributed by atoms with Crippen LogP contribution in [-0.2, 0) is 13.0 Å². The van der Waals surface area contributed by atoms with Gasteiger partial charge in [0, 0.05) is 38.5 Å². The van der Waals surface area contributed by atoms with E-state index >= 15 is 0 Å². The Hall–Kier alpha value is -2.37. The first-order valence-corrected chi connectivity index (χ1v) is 9.26. The summed E-state index contributed by atoms with van der Waals surface area (Å²) in [6.07, 6.45) is 3.87. The van der Waals surface area contributed by atoms with Gasteiger partial charge in [0.15, 0.2) is 5.96 Å². The maximum absolute atomic E-state index is 4.83. The van der Waals surface area contributed by atoms with Crippen LogP contribution in [0.5, 0.6) is 0 Å². The standard InChI is InChI=1S/C19H28N6/c1-3-18-23-22-15-25(18)13-11-21-19(20-4-2)24-12-10-17(14-24)16-8-6-5-7-9-16/h5-9,15,17H,3-4,10-14H2,1-2H3,(H,20,21). The van der Waals surface area contributed by atoms with Crippen LogP contribution in [0.3, 0.4) is 0 Å². The van der Waals surface area contributed by atoms with Crippen LogP contribution in [0.1, 0.15) is 37.6 Å². The number of nitrogens with zero attached hydrogens (tertiary/aromatic N) is 5. The summed E-state index contributed by atoms with van der Waals surface area (Å²) in [5, 5.41) is 11.6. The van der Waals surface area contributed by atoms with Crippen LogP contribution in [0.25, 0.3) is 0 Å². The van der Waals surface area contributed by atoms with Crippen LogP contribution in [0.2, 0.25) is 0 Å². The van der Waals surface area contributed by atoms with Gasteiger partial charge in [-0.1, -0.05) is 37.3 Å². The van der Waals surface area contributed by atoms with Crippen molar-refractivity contribution in [3.8, 4) is 0 Å². The number of rotatable bonds is 6. The Morgan fingerprint density at radius 1 is 1.28 bits per heavy atom. The van der Waals surface area contributed by atoms with Gasteiger partial charge in [0.25, 0.3) is 0 Å². The smallest absolute Gasteiger partial charge is 0.193 e. The minimum atomic E-state index is 0.592. The monoisotopic (exact) mass is 340 g/mol. The number of likely N-dealkylation sites (tertiary alicyclic amines) is 1. The molecule has 1 fully saturated rings. The molecule has 0 spiro atoms. The Morgan fingerprint density at radius 3 is 2.88 bits per heavy atom. The molecule has 1 aromatic heterocycles. The average molecular weight is 340 g/mol. The van der Waals surface area contributed by atoms with Crippen molar-refractivity contribution in [3.05, 3.63) is 48.0 Å². The SMILES string of the molecule is CCNC(=NCCn1cnnc1CC)N1CCC(c2ccccc2)C1. The Kier molecular flexibility index (Phi) is 6.04. The number of benzene rings is 1. The minimum absolute atomic E-state index is 0.592. The number of nitrogens with one attached hydrogen (secondary N) is 1. The highest BCUT2D eigenvalue weighted by Crippen LogP contribution is 2.26. The zero-order chi connectivity index (χ0) is 17.5. The molecule has 2 aromatic rings. The topological polar surface area (TPSA) is 58.3 Å².